The molecular weight excluding hydrogens is 306 g/mol. The van der Waals surface area contributed by atoms with Gasteiger partial charge in [-0.1, -0.05) is 35.5 Å². The number of nitrogens with zero attached hydrogens (tertiary/aromatic N) is 3. The largest absolute Gasteiger partial charge is 0.391 e. The molecule has 2 heterocycles. The normalized spacial score (nSPS) is 25.0. The first-order valence-electron chi connectivity index (χ1n) is 8.47. The average Bonchev–Trinajstić information content (AvgIpc) is 3.18. The summed E-state index contributed by atoms with van der Waals surface area (Å²) in [7, 11) is 0. The molecule has 2 aromatic rings. The summed E-state index contributed by atoms with van der Waals surface area (Å²) < 4.78 is 5.27. The van der Waals surface area contributed by atoms with Crippen molar-refractivity contribution in [3.05, 3.63) is 47.6 Å². The molecule has 0 spiro atoms. The van der Waals surface area contributed by atoms with Crippen LogP contribution < -0.4 is 0 Å². The second-order valence-electron chi connectivity index (χ2n) is 6.80. The number of carbonyl (C=O) groups excluding carboxylic acids is 1. The highest BCUT2D eigenvalue weighted by Crippen LogP contribution is 2.45. The van der Waals surface area contributed by atoms with Crippen LogP contribution in [0.15, 0.2) is 34.9 Å². The number of aliphatic hydroxyl groups is 1. The number of hydrogen-bond donors (Lipinski definition) is 1. The maximum atomic E-state index is 13.3. The molecule has 24 heavy (non-hydrogen) atoms. The van der Waals surface area contributed by atoms with Gasteiger partial charge in [0.2, 0.25) is 11.8 Å². The fraction of sp³-hybridized carbons (Fsp3) is 0.500. The molecule has 1 aromatic heterocycles. The number of β-amino-alcohol motifs (C(OH)–C–C–N with tert-alkyl or cyclic N) is 1. The van der Waals surface area contributed by atoms with E-state index in [0.717, 1.165) is 18.4 Å². The number of rotatable bonds is 4. The van der Waals surface area contributed by atoms with Crippen molar-refractivity contribution >= 4 is 5.91 Å². The molecule has 6 nitrogen and oxygen atoms in total. The molecule has 0 radical (unpaired) electrons. The number of likely N-dealkylation sites (tertiary alicyclic amines) is 1. The zero-order chi connectivity index (χ0) is 16.7. The Morgan fingerprint density at radius 1 is 1.33 bits per heavy atom. The van der Waals surface area contributed by atoms with Crippen molar-refractivity contribution in [1.29, 1.82) is 0 Å². The first kappa shape index (κ1) is 15.3. The smallest absolute Gasteiger partial charge is 0.249 e. The molecule has 1 saturated heterocycles. The highest BCUT2D eigenvalue weighted by molar-refractivity contribution is 5.85. The van der Waals surface area contributed by atoms with E-state index in [1.165, 1.54) is 0 Å². The van der Waals surface area contributed by atoms with E-state index in [-0.39, 0.29) is 17.9 Å². The first-order valence-corrected chi connectivity index (χ1v) is 8.47. The Morgan fingerprint density at radius 2 is 2.08 bits per heavy atom. The number of aryl methyl sites for hydroxylation is 1. The molecule has 126 valence electrons. The monoisotopic (exact) mass is 327 g/mol. The van der Waals surface area contributed by atoms with Crippen LogP contribution in [-0.2, 0) is 4.79 Å². The van der Waals surface area contributed by atoms with Crippen LogP contribution in [0.4, 0.5) is 0 Å². The predicted octanol–water partition coefficient (Wildman–Crippen LogP) is 2.21. The molecule has 0 bridgehead atoms. The van der Waals surface area contributed by atoms with E-state index in [4.69, 9.17) is 4.52 Å². The third-order valence-corrected chi connectivity index (χ3v) is 4.91. The van der Waals surface area contributed by atoms with Gasteiger partial charge in [0.1, 0.15) is 6.04 Å². The Bertz CT molecular complexity index is 726. The van der Waals surface area contributed by atoms with Gasteiger partial charge >= 0.3 is 0 Å². The van der Waals surface area contributed by atoms with E-state index < -0.39 is 6.10 Å². The average molecular weight is 327 g/mol. The molecule has 0 unspecified atom stereocenters. The summed E-state index contributed by atoms with van der Waals surface area (Å²) >= 11 is 0. The maximum absolute atomic E-state index is 13.3. The Balaban J connectivity index is 1.63. The predicted molar refractivity (Wildman–Crippen MR) is 86.0 cm³/mol. The summed E-state index contributed by atoms with van der Waals surface area (Å²) in [5.41, 5.74) is 1.05. The molecule has 1 aromatic carbocycles. The number of aliphatic hydroxyl groups excluding tert-OH is 1. The molecule has 4 rings (SSSR count). The van der Waals surface area contributed by atoms with Gasteiger partial charge in [-0.25, -0.2) is 0 Å². The molecule has 1 saturated carbocycles. The van der Waals surface area contributed by atoms with Gasteiger partial charge in [0.05, 0.1) is 12.0 Å². The van der Waals surface area contributed by atoms with Crippen LogP contribution in [0.25, 0.3) is 0 Å². The van der Waals surface area contributed by atoms with Gasteiger partial charge < -0.3 is 14.5 Å². The van der Waals surface area contributed by atoms with Crippen LogP contribution in [0.1, 0.15) is 48.5 Å². The third kappa shape index (κ3) is 2.82. The molecule has 1 amide bonds. The third-order valence-electron chi connectivity index (χ3n) is 4.91. The van der Waals surface area contributed by atoms with Crippen LogP contribution in [0.2, 0.25) is 0 Å². The molecule has 1 aliphatic carbocycles. The number of amides is 1. The topological polar surface area (TPSA) is 79.5 Å². The molecule has 1 N–H and O–H groups in total. The van der Waals surface area contributed by atoms with E-state index in [2.05, 4.69) is 10.1 Å². The summed E-state index contributed by atoms with van der Waals surface area (Å²) in [4.78, 5) is 19.3. The number of aromatic nitrogens is 2. The quantitative estimate of drug-likeness (QED) is 0.931. The van der Waals surface area contributed by atoms with Crippen molar-refractivity contribution in [3.63, 3.8) is 0 Å². The fourth-order valence-corrected chi connectivity index (χ4v) is 3.62. The van der Waals surface area contributed by atoms with Gasteiger partial charge in [0.25, 0.3) is 0 Å². The van der Waals surface area contributed by atoms with Crippen LogP contribution in [0.5, 0.6) is 0 Å². The summed E-state index contributed by atoms with van der Waals surface area (Å²) in [6.07, 6.45) is 2.04. The van der Waals surface area contributed by atoms with Crippen LogP contribution in [0, 0.1) is 12.8 Å². The minimum absolute atomic E-state index is 0.0566. The summed E-state index contributed by atoms with van der Waals surface area (Å²) in [5.74, 6) is 1.26. The molecule has 3 atom stereocenters. The van der Waals surface area contributed by atoms with Crippen LogP contribution in [0.3, 0.4) is 0 Å². The zero-order valence-electron chi connectivity index (χ0n) is 13.6. The van der Waals surface area contributed by atoms with Gasteiger partial charge in [-0.15, -0.1) is 0 Å². The van der Waals surface area contributed by atoms with Crippen molar-refractivity contribution in [2.75, 3.05) is 6.54 Å². The molecule has 6 heteroatoms. The fourth-order valence-electron chi connectivity index (χ4n) is 3.62. The highest BCUT2D eigenvalue weighted by atomic mass is 16.5. The Morgan fingerprint density at radius 3 is 2.71 bits per heavy atom. The van der Waals surface area contributed by atoms with Crippen molar-refractivity contribution in [2.45, 2.75) is 44.2 Å². The molecule has 2 fully saturated rings. The lowest BCUT2D eigenvalue weighted by Gasteiger charge is -2.27. The minimum Gasteiger partial charge on any atom is -0.391 e. The second kappa shape index (κ2) is 6.02. The van der Waals surface area contributed by atoms with E-state index in [0.29, 0.717) is 30.6 Å². The van der Waals surface area contributed by atoms with Crippen molar-refractivity contribution in [2.24, 2.45) is 5.92 Å². The van der Waals surface area contributed by atoms with E-state index in [1.807, 2.05) is 30.3 Å². The summed E-state index contributed by atoms with van der Waals surface area (Å²) in [5, 5.41) is 13.9. The highest BCUT2D eigenvalue weighted by Gasteiger charge is 2.45. The van der Waals surface area contributed by atoms with Crippen LogP contribution in [-0.4, -0.2) is 38.7 Å². The Hall–Kier alpha value is -2.21. The summed E-state index contributed by atoms with van der Waals surface area (Å²) in [6.45, 7) is 2.07. The van der Waals surface area contributed by atoms with E-state index in [9.17, 15) is 9.90 Å². The maximum Gasteiger partial charge on any atom is 0.249 e. The Labute approximate surface area is 140 Å². The second-order valence-corrected chi connectivity index (χ2v) is 6.80. The van der Waals surface area contributed by atoms with Crippen molar-refractivity contribution in [3.8, 4) is 0 Å². The van der Waals surface area contributed by atoms with Crippen molar-refractivity contribution < 1.29 is 14.4 Å². The standard InChI is InChI=1S/C18H21N3O3/c1-11-19-17(24-20-11)15-9-14(22)10-21(15)18(23)16(13-7-8-13)12-5-3-2-4-6-12/h2-6,13-16,22H,7-10H2,1H3/t14-,15-,16-/m1/s1. The molecule has 1 aliphatic heterocycles. The van der Waals surface area contributed by atoms with Gasteiger partial charge in [0.15, 0.2) is 5.82 Å². The van der Waals surface area contributed by atoms with Gasteiger partial charge in [-0.3, -0.25) is 4.79 Å². The molecule has 2 aliphatic rings. The van der Waals surface area contributed by atoms with Gasteiger partial charge in [-0.05, 0) is 31.2 Å². The SMILES string of the molecule is Cc1noc([C@H]2C[C@@H](O)CN2C(=O)[C@H](c2ccccc2)C2CC2)n1. The summed E-state index contributed by atoms with van der Waals surface area (Å²) in [6, 6.07) is 9.59. The lowest BCUT2D eigenvalue weighted by atomic mass is 9.92. The van der Waals surface area contributed by atoms with Gasteiger partial charge in [-0.2, -0.15) is 4.98 Å². The van der Waals surface area contributed by atoms with E-state index >= 15 is 0 Å². The number of carbonyl (C=O) groups is 1. The number of hydrogen-bond acceptors (Lipinski definition) is 5. The van der Waals surface area contributed by atoms with Gasteiger partial charge in [0, 0.05) is 13.0 Å². The Kier molecular flexibility index (Phi) is 3.84. The van der Waals surface area contributed by atoms with E-state index in [1.54, 1.807) is 11.8 Å². The lowest BCUT2D eigenvalue weighted by Crippen LogP contribution is -2.36. The minimum atomic E-state index is -0.554. The zero-order valence-corrected chi connectivity index (χ0v) is 13.6. The van der Waals surface area contributed by atoms with Crippen molar-refractivity contribution in [1.82, 2.24) is 15.0 Å². The lowest BCUT2D eigenvalue weighted by molar-refractivity contribution is -0.135. The first-order chi connectivity index (χ1) is 11.6. The van der Waals surface area contributed by atoms with Crippen LogP contribution >= 0.6 is 0 Å². The number of benzene rings is 1. The molecular formula is C18H21N3O3.